The van der Waals surface area contributed by atoms with Crippen molar-refractivity contribution in [2.24, 2.45) is 0 Å². The molecular weight excluding hydrogens is 441 g/mol. The Labute approximate surface area is 189 Å². The van der Waals surface area contributed by atoms with Gasteiger partial charge in [-0.15, -0.1) is 0 Å². The molecule has 2 aromatic carbocycles. The van der Waals surface area contributed by atoms with Gasteiger partial charge < -0.3 is 25.3 Å². The van der Waals surface area contributed by atoms with Crippen LogP contribution in [0.2, 0.25) is 5.02 Å². The minimum atomic E-state index is -2.29. The predicted molar refractivity (Wildman–Crippen MR) is 116 cm³/mol. The number of nitrogens with one attached hydrogen (secondary N) is 1. The molecule has 1 aliphatic heterocycles. The van der Waals surface area contributed by atoms with Crippen LogP contribution in [0.25, 0.3) is 0 Å². The highest BCUT2D eigenvalue weighted by Crippen LogP contribution is 2.29. The van der Waals surface area contributed by atoms with Gasteiger partial charge in [0.2, 0.25) is 5.60 Å². The molecule has 2 aromatic rings. The van der Waals surface area contributed by atoms with Crippen molar-refractivity contribution in [1.29, 1.82) is 0 Å². The summed E-state index contributed by atoms with van der Waals surface area (Å²) in [5.41, 5.74) is -1.24. The zero-order valence-electron chi connectivity index (χ0n) is 17.3. The van der Waals surface area contributed by atoms with Gasteiger partial charge in [0.25, 0.3) is 17.7 Å². The number of aliphatic hydroxyl groups excluding tert-OH is 1. The van der Waals surface area contributed by atoms with Gasteiger partial charge in [0.05, 0.1) is 6.61 Å². The topological polar surface area (TPSA) is 110 Å². The molecular formula is C22H23ClFN3O5. The van der Waals surface area contributed by atoms with Gasteiger partial charge in [0, 0.05) is 49.4 Å². The molecule has 0 radical (unpaired) electrons. The summed E-state index contributed by atoms with van der Waals surface area (Å²) in [5, 5.41) is 22.4. The molecule has 3 rings (SSSR count). The lowest BCUT2D eigenvalue weighted by molar-refractivity contribution is -0.149. The van der Waals surface area contributed by atoms with E-state index in [4.69, 9.17) is 16.7 Å². The summed E-state index contributed by atoms with van der Waals surface area (Å²) in [6.07, 6.45) is -0.149. The monoisotopic (exact) mass is 463 g/mol. The normalized spacial score (nSPS) is 18.0. The molecule has 3 amide bonds. The number of carbonyl (C=O) groups excluding carboxylic acids is 3. The van der Waals surface area contributed by atoms with Crippen LogP contribution in [0.3, 0.4) is 0 Å². The molecule has 1 heterocycles. The van der Waals surface area contributed by atoms with Crippen molar-refractivity contribution in [3.05, 3.63) is 64.4 Å². The Bertz CT molecular complexity index is 1030. The van der Waals surface area contributed by atoms with Gasteiger partial charge in [-0.25, -0.2) is 4.39 Å². The first-order valence-corrected chi connectivity index (χ1v) is 10.3. The molecule has 0 aliphatic carbocycles. The number of aliphatic hydroxyl groups is 2. The number of halogens is 2. The third-order valence-electron chi connectivity index (χ3n) is 5.23. The second kappa shape index (κ2) is 9.64. The van der Waals surface area contributed by atoms with Gasteiger partial charge in [-0.05, 0) is 42.0 Å². The SMILES string of the molecule is CN(CCO)C(=O)c1cccc(N2CCC(O)(C(=O)NCc3cc(F)cc(Cl)c3)C2=O)c1. The number of benzene rings is 2. The van der Waals surface area contributed by atoms with Crippen LogP contribution in [0.5, 0.6) is 0 Å². The van der Waals surface area contributed by atoms with Crippen LogP contribution in [0.15, 0.2) is 42.5 Å². The summed E-state index contributed by atoms with van der Waals surface area (Å²) in [4.78, 5) is 40.6. The van der Waals surface area contributed by atoms with E-state index in [1.807, 2.05) is 0 Å². The molecule has 1 saturated heterocycles. The van der Waals surface area contributed by atoms with Gasteiger partial charge in [0.1, 0.15) is 5.82 Å². The molecule has 10 heteroatoms. The quantitative estimate of drug-likeness (QED) is 0.536. The fourth-order valence-corrected chi connectivity index (χ4v) is 3.73. The Balaban J connectivity index is 1.72. The Kier molecular flexibility index (Phi) is 7.12. The maximum absolute atomic E-state index is 13.5. The summed E-state index contributed by atoms with van der Waals surface area (Å²) in [6.45, 7) is -0.0789. The molecule has 3 N–H and O–H groups in total. The van der Waals surface area contributed by atoms with Crippen LogP contribution in [0.1, 0.15) is 22.3 Å². The first-order valence-electron chi connectivity index (χ1n) is 9.89. The van der Waals surface area contributed by atoms with Crippen LogP contribution in [-0.2, 0) is 16.1 Å². The summed E-state index contributed by atoms with van der Waals surface area (Å²) >= 11 is 5.80. The molecule has 0 aromatic heterocycles. The van der Waals surface area contributed by atoms with Crippen LogP contribution < -0.4 is 10.2 Å². The van der Waals surface area contributed by atoms with E-state index >= 15 is 0 Å². The maximum Gasteiger partial charge on any atom is 0.268 e. The number of nitrogens with zero attached hydrogens (tertiary/aromatic N) is 2. The number of amides is 3. The second-order valence-electron chi connectivity index (χ2n) is 7.53. The molecule has 32 heavy (non-hydrogen) atoms. The smallest absolute Gasteiger partial charge is 0.268 e. The molecule has 8 nitrogen and oxygen atoms in total. The van der Waals surface area contributed by atoms with E-state index in [0.717, 1.165) is 6.07 Å². The van der Waals surface area contributed by atoms with Crippen molar-refractivity contribution in [1.82, 2.24) is 10.2 Å². The molecule has 0 saturated carbocycles. The lowest BCUT2D eigenvalue weighted by Gasteiger charge is -2.22. The fourth-order valence-electron chi connectivity index (χ4n) is 3.48. The molecule has 1 fully saturated rings. The summed E-state index contributed by atoms with van der Waals surface area (Å²) in [5.74, 6) is -2.63. The molecule has 0 spiro atoms. The second-order valence-corrected chi connectivity index (χ2v) is 7.96. The highest BCUT2D eigenvalue weighted by molar-refractivity contribution is 6.30. The average molecular weight is 464 g/mol. The van der Waals surface area contributed by atoms with Crippen molar-refractivity contribution in [3.8, 4) is 0 Å². The zero-order valence-corrected chi connectivity index (χ0v) is 18.1. The van der Waals surface area contributed by atoms with Crippen molar-refractivity contribution < 1.29 is 29.0 Å². The number of carbonyl (C=O) groups is 3. The van der Waals surface area contributed by atoms with Crippen molar-refractivity contribution in [2.75, 3.05) is 31.6 Å². The standard InChI is InChI=1S/C22H23ClFN3O5/c1-26(7-8-28)19(29)15-3-2-4-18(11-15)27-6-5-22(32,21(27)31)20(30)25-13-14-9-16(23)12-17(24)10-14/h2-4,9-12,28,32H,5-8,13H2,1H3,(H,25,30). The average Bonchev–Trinajstić information content (AvgIpc) is 3.06. The predicted octanol–water partition coefficient (Wildman–Crippen LogP) is 1.33. The van der Waals surface area contributed by atoms with E-state index < -0.39 is 23.2 Å². The van der Waals surface area contributed by atoms with Crippen molar-refractivity contribution >= 4 is 35.0 Å². The van der Waals surface area contributed by atoms with Gasteiger partial charge in [0.15, 0.2) is 0 Å². The highest BCUT2D eigenvalue weighted by Gasteiger charge is 2.51. The number of rotatable bonds is 7. The van der Waals surface area contributed by atoms with Gasteiger partial charge in [-0.2, -0.15) is 0 Å². The van der Waals surface area contributed by atoms with Gasteiger partial charge in [-0.1, -0.05) is 17.7 Å². The van der Waals surface area contributed by atoms with Crippen LogP contribution in [0, 0.1) is 5.82 Å². The summed E-state index contributed by atoms with van der Waals surface area (Å²) in [7, 11) is 1.54. The minimum Gasteiger partial charge on any atom is -0.395 e. The van der Waals surface area contributed by atoms with Crippen molar-refractivity contribution in [2.45, 2.75) is 18.6 Å². The minimum absolute atomic E-state index is 0.0681. The van der Waals surface area contributed by atoms with Crippen LogP contribution in [0.4, 0.5) is 10.1 Å². The number of hydrogen-bond acceptors (Lipinski definition) is 5. The maximum atomic E-state index is 13.5. The molecule has 1 aliphatic rings. The van der Waals surface area contributed by atoms with Gasteiger partial charge in [-0.3, -0.25) is 14.4 Å². The largest absolute Gasteiger partial charge is 0.395 e. The summed E-state index contributed by atoms with van der Waals surface area (Å²) in [6, 6.07) is 10.0. The number of likely N-dealkylation sites (N-methyl/N-ethyl adjacent to an activating group) is 1. The Morgan fingerprint density at radius 1 is 1.28 bits per heavy atom. The molecule has 1 atom stereocenters. The third-order valence-corrected chi connectivity index (χ3v) is 5.45. The van der Waals surface area contributed by atoms with Crippen molar-refractivity contribution in [3.63, 3.8) is 0 Å². The number of anilines is 1. The fraction of sp³-hybridized carbons (Fsp3) is 0.318. The lowest BCUT2D eigenvalue weighted by atomic mass is 10.0. The first kappa shape index (κ1) is 23.6. The molecule has 0 bridgehead atoms. The highest BCUT2D eigenvalue weighted by atomic mass is 35.5. The summed E-state index contributed by atoms with van der Waals surface area (Å²) < 4.78 is 13.5. The third kappa shape index (κ3) is 4.90. The Hall–Kier alpha value is -3.01. The Morgan fingerprint density at radius 2 is 2.03 bits per heavy atom. The lowest BCUT2D eigenvalue weighted by Crippen LogP contribution is -2.52. The van der Waals surface area contributed by atoms with Gasteiger partial charge >= 0.3 is 0 Å². The molecule has 170 valence electrons. The van der Waals surface area contributed by atoms with E-state index in [9.17, 15) is 23.9 Å². The first-order chi connectivity index (χ1) is 15.2. The zero-order chi connectivity index (χ0) is 23.5. The van der Waals surface area contributed by atoms with E-state index in [-0.39, 0.29) is 43.6 Å². The number of hydrogen-bond donors (Lipinski definition) is 3. The van der Waals surface area contributed by atoms with E-state index in [2.05, 4.69) is 5.32 Å². The van der Waals surface area contributed by atoms with Crippen LogP contribution >= 0.6 is 11.6 Å². The van der Waals surface area contributed by atoms with E-state index in [1.54, 1.807) is 25.2 Å². The Morgan fingerprint density at radius 3 is 2.72 bits per heavy atom. The molecule has 1 unspecified atom stereocenters. The van der Waals surface area contributed by atoms with Crippen LogP contribution in [-0.4, -0.2) is 65.2 Å². The van der Waals surface area contributed by atoms with E-state index in [0.29, 0.717) is 16.8 Å². The van der Waals surface area contributed by atoms with E-state index in [1.165, 1.54) is 28.0 Å².